The standard InChI is InChI=1S/C16H26FN3O/c1-4-21-10-6-5-9-19-16(18-3)20-12-14-7-8-15(17)13(2)11-14/h7-8,11H,4-6,9-10,12H2,1-3H3,(H2,18,19,20). The van der Waals surface area contributed by atoms with Crippen molar-refractivity contribution in [2.75, 3.05) is 26.8 Å². The molecule has 0 atom stereocenters. The lowest BCUT2D eigenvalue weighted by molar-refractivity contribution is 0.143. The van der Waals surface area contributed by atoms with E-state index in [1.165, 1.54) is 6.07 Å². The normalized spacial score (nSPS) is 11.5. The summed E-state index contributed by atoms with van der Waals surface area (Å²) >= 11 is 0. The van der Waals surface area contributed by atoms with Crippen molar-refractivity contribution in [3.05, 3.63) is 35.1 Å². The summed E-state index contributed by atoms with van der Waals surface area (Å²) in [6.45, 7) is 6.83. The van der Waals surface area contributed by atoms with Crippen LogP contribution in [0.2, 0.25) is 0 Å². The van der Waals surface area contributed by atoms with Gasteiger partial charge < -0.3 is 15.4 Å². The van der Waals surface area contributed by atoms with Crippen molar-refractivity contribution in [3.8, 4) is 0 Å². The van der Waals surface area contributed by atoms with Gasteiger partial charge in [-0.15, -0.1) is 0 Å². The highest BCUT2D eigenvalue weighted by Gasteiger charge is 2.01. The van der Waals surface area contributed by atoms with Crippen LogP contribution in [0.5, 0.6) is 0 Å². The van der Waals surface area contributed by atoms with E-state index in [1.807, 2.05) is 13.0 Å². The number of aliphatic imine (C=N–C) groups is 1. The number of rotatable bonds is 8. The molecule has 1 rings (SSSR count). The van der Waals surface area contributed by atoms with Crippen LogP contribution >= 0.6 is 0 Å². The summed E-state index contributed by atoms with van der Waals surface area (Å²) in [4.78, 5) is 4.17. The van der Waals surface area contributed by atoms with Gasteiger partial charge in [-0.1, -0.05) is 12.1 Å². The second-order valence-electron chi connectivity index (χ2n) is 4.84. The van der Waals surface area contributed by atoms with E-state index in [-0.39, 0.29) is 5.82 Å². The molecule has 0 aromatic heterocycles. The molecule has 0 saturated carbocycles. The van der Waals surface area contributed by atoms with E-state index >= 15 is 0 Å². The molecule has 1 aromatic carbocycles. The minimum Gasteiger partial charge on any atom is -0.382 e. The highest BCUT2D eigenvalue weighted by molar-refractivity contribution is 5.79. The van der Waals surface area contributed by atoms with Crippen molar-refractivity contribution < 1.29 is 9.13 Å². The first kappa shape index (κ1) is 17.4. The number of aryl methyl sites for hydroxylation is 1. The second kappa shape index (κ2) is 10.2. The summed E-state index contributed by atoms with van der Waals surface area (Å²) < 4.78 is 18.5. The molecule has 0 unspecified atom stereocenters. The molecule has 0 radical (unpaired) electrons. The maximum atomic E-state index is 13.2. The molecule has 4 nitrogen and oxygen atoms in total. The van der Waals surface area contributed by atoms with Crippen LogP contribution in [0.1, 0.15) is 30.9 Å². The van der Waals surface area contributed by atoms with Gasteiger partial charge in [0, 0.05) is 33.4 Å². The Balaban J connectivity index is 2.26. The van der Waals surface area contributed by atoms with Crippen LogP contribution in [0.15, 0.2) is 23.2 Å². The Morgan fingerprint density at radius 1 is 1.29 bits per heavy atom. The minimum atomic E-state index is -0.171. The Kier molecular flexibility index (Phi) is 8.43. The highest BCUT2D eigenvalue weighted by atomic mass is 19.1. The maximum absolute atomic E-state index is 13.2. The molecule has 118 valence electrons. The summed E-state index contributed by atoms with van der Waals surface area (Å²) in [7, 11) is 1.74. The Morgan fingerprint density at radius 2 is 2.10 bits per heavy atom. The summed E-state index contributed by atoms with van der Waals surface area (Å²) in [6, 6.07) is 5.12. The van der Waals surface area contributed by atoms with Crippen molar-refractivity contribution in [3.63, 3.8) is 0 Å². The van der Waals surface area contributed by atoms with Crippen LogP contribution in [0.3, 0.4) is 0 Å². The molecule has 2 N–H and O–H groups in total. The first-order chi connectivity index (χ1) is 10.2. The summed E-state index contributed by atoms with van der Waals surface area (Å²) in [5.74, 6) is 0.587. The molecule has 0 bridgehead atoms. The van der Waals surface area contributed by atoms with Crippen molar-refractivity contribution >= 4 is 5.96 Å². The van der Waals surface area contributed by atoms with Crippen LogP contribution in [0.25, 0.3) is 0 Å². The van der Waals surface area contributed by atoms with Gasteiger partial charge in [-0.05, 0) is 43.9 Å². The fraction of sp³-hybridized carbons (Fsp3) is 0.562. The molecule has 0 aliphatic heterocycles. The van der Waals surface area contributed by atoms with Gasteiger partial charge in [0.25, 0.3) is 0 Å². The number of unbranched alkanes of at least 4 members (excludes halogenated alkanes) is 1. The van der Waals surface area contributed by atoms with Crippen molar-refractivity contribution in [2.45, 2.75) is 33.2 Å². The predicted molar refractivity (Wildman–Crippen MR) is 85.1 cm³/mol. The number of halogens is 1. The molecule has 5 heteroatoms. The van der Waals surface area contributed by atoms with Gasteiger partial charge in [0.05, 0.1) is 0 Å². The van der Waals surface area contributed by atoms with E-state index in [4.69, 9.17) is 4.74 Å². The van der Waals surface area contributed by atoms with E-state index in [9.17, 15) is 4.39 Å². The molecule has 0 aliphatic rings. The minimum absolute atomic E-state index is 0.171. The molecule has 21 heavy (non-hydrogen) atoms. The Hall–Kier alpha value is -1.62. The quantitative estimate of drug-likeness (QED) is 0.440. The van der Waals surface area contributed by atoms with E-state index in [0.29, 0.717) is 12.1 Å². The Labute approximate surface area is 126 Å². The van der Waals surface area contributed by atoms with Gasteiger partial charge in [0.2, 0.25) is 0 Å². The van der Waals surface area contributed by atoms with Crippen LogP contribution in [0.4, 0.5) is 4.39 Å². The summed E-state index contributed by atoms with van der Waals surface area (Å²) in [5, 5.41) is 6.47. The number of guanidine groups is 1. The van der Waals surface area contributed by atoms with Crippen molar-refractivity contribution in [2.24, 2.45) is 4.99 Å². The molecule has 0 amide bonds. The van der Waals surface area contributed by atoms with Gasteiger partial charge in [0.15, 0.2) is 5.96 Å². The van der Waals surface area contributed by atoms with E-state index in [1.54, 1.807) is 20.0 Å². The lowest BCUT2D eigenvalue weighted by atomic mass is 10.1. The molecule has 1 aromatic rings. The van der Waals surface area contributed by atoms with Gasteiger partial charge in [-0.2, -0.15) is 0 Å². The van der Waals surface area contributed by atoms with Gasteiger partial charge in [-0.25, -0.2) is 4.39 Å². The highest BCUT2D eigenvalue weighted by Crippen LogP contribution is 2.08. The first-order valence-corrected chi connectivity index (χ1v) is 7.44. The van der Waals surface area contributed by atoms with Gasteiger partial charge in [-0.3, -0.25) is 4.99 Å². The molecular weight excluding hydrogens is 269 g/mol. The van der Waals surface area contributed by atoms with Crippen LogP contribution in [-0.4, -0.2) is 32.8 Å². The molecular formula is C16H26FN3O. The summed E-state index contributed by atoms with van der Waals surface area (Å²) in [5.41, 5.74) is 1.70. The number of nitrogens with zero attached hydrogens (tertiary/aromatic N) is 1. The second-order valence-corrected chi connectivity index (χ2v) is 4.84. The number of benzene rings is 1. The van der Waals surface area contributed by atoms with Crippen LogP contribution < -0.4 is 10.6 Å². The van der Waals surface area contributed by atoms with E-state index < -0.39 is 0 Å². The maximum Gasteiger partial charge on any atom is 0.191 e. The first-order valence-electron chi connectivity index (χ1n) is 7.44. The topological polar surface area (TPSA) is 45.6 Å². The molecule has 0 heterocycles. The van der Waals surface area contributed by atoms with Crippen LogP contribution in [-0.2, 0) is 11.3 Å². The number of nitrogens with one attached hydrogen (secondary N) is 2. The largest absolute Gasteiger partial charge is 0.382 e. The van der Waals surface area contributed by atoms with Crippen LogP contribution in [0, 0.1) is 12.7 Å². The number of ether oxygens (including phenoxy) is 1. The number of hydrogen-bond acceptors (Lipinski definition) is 2. The van der Waals surface area contributed by atoms with Crippen molar-refractivity contribution in [1.82, 2.24) is 10.6 Å². The lowest BCUT2D eigenvalue weighted by Crippen LogP contribution is -2.37. The molecule has 0 saturated heterocycles. The third-order valence-electron chi connectivity index (χ3n) is 3.12. The van der Waals surface area contributed by atoms with Crippen molar-refractivity contribution in [1.29, 1.82) is 0 Å². The third-order valence-corrected chi connectivity index (χ3v) is 3.12. The Morgan fingerprint density at radius 3 is 2.76 bits per heavy atom. The third kappa shape index (κ3) is 7.09. The molecule has 0 aliphatic carbocycles. The van der Waals surface area contributed by atoms with E-state index in [0.717, 1.165) is 44.1 Å². The fourth-order valence-electron chi connectivity index (χ4n) is 1.90. The smallest absolute Gasteiger partial charge is 0.191 e. The monoisotopic (exact) mass is 295 g/mol. The lowest BCUT2D eigenvalue weighted by Gasteiger charge is -2.12. The average Bonchev–Trinajstić information content (AvgIpc) is 2.49. The zero-order valence-electron chi connectivity index (χ0n) is 13.2. The zero-order valence-corrected chi connectivity index (χ0v) is 13.2. The SMILES string of the molecule is CCOCCCCNC(=NC)NCc1ccc(F)c(C)c1. The predicted octanol–water partition coefficient (Wildman–Crippen LogP) is 2.62. The van der Waals surface area contributed by atoms with Gasteiger partial charge in [0.1, 0.15) is 5.82 Å². The fourth-order valence-corrected chi connectivity index (χ4v) is 1.90. The molecule has 0 fully saturated rings. The van der Waals surface area contributed by atoms with E-state index in [2.05, 4.69) is 15.6 Å². The number of hydrogen-bond donors (Lipinski definition) is 2. The Bertz CT molecular complexity index is 449. The van der Waals surface area contributed by atoms with Gasteiger partial charge >= 0.3 is 0 Å². The zero-order chi connectivity index (χ0) is 15.5. The summed E-state index contributed by atoms with van der Waals surface area (Å²) in [6.07, 6.45) is 2.07. The average molecular weight is 295 g/mol. The molecule has 0 spiro atoms.